The Balaban J connectivity index is 1.34. The van der Waals surface area contributed by atoms with E-state index in [2.05, 4.69) is 4.98 Å². The van der Waals surface area contributed by atoms with Crippen LogP contribution in [0.25, 0.3) is 0 Å². The lowest BCUT2D eigenvalue weighted by molar-refractivity contribution is -0.122. The molecule has 0 amide bonds. The molecule has 30 heavy (non-hydrogen) atoms. The number of Topliss-reactive ketones (excluding diaryl/α,β-unsaturated/α-hetero) is 2. The molecular formula is C24H27ClFNO3. The monoisotopic (exact) mass is 431 g/mol. The molecule has 0 aliphatic heterocycles. The fourth-order valence-electron chi connectivity index (χ4n) is 3.95. The Labute approximate surface area is 181 Å². The van der Waals surface area contributed by atoms with E-state index in [4.69, 9.17) is 16.3 Å². The Morgan fingerprint density at radius 3 is 2.53 bits per heavy atom. The minimum atomic E-state index is -0.558. The summed E-state index contributed by atoms with van der Waals surface area (Å²) in [5.41, 5.74) is 1.59. The van der Waals surface area contributed by atoms with Crippen molar-refractivity contribution >= 4 is 23.2 Å². The van der Waals surface area contributed by atoms with Gasteiger partial charge in [-0.1, -0.05) is 24.4 Å². The van der Waals surface area contributed by atoms with E-state index in [1.54, 1.807) is 12.3 Å². The first-order chi connectivity index (χ1) is 14.4. The Bertz CT molecular complexity index is 877. The molecule has 3 rings (SSSR count). The molecule has 0 atom stereocenters. The Hall–Kier alpha value is -2.27. The largest absolute Gasteiger partial charge is 0.486 e. The maximum Gasteiger partial charge on any atom is 0.170 e. The molecular weight excluding hydrogens is 405 g/mol. The normalized spacial score (nSPS) is 18.8. The molecule has 1 aliphatic carbocycles. The van der Waals surface area contributed by atoms with Crippen LogP contribution in [0.15, 0.2) is 36.5 Å². The molecule has 1 aromatic heterocycles. The average molecular weight is 432 g/mol. The van der Waals surface area contributed by atoms with Gasteiger partial charge in [0.1, 0.15) is 18.2 Å². The zero-order valence-electron chi connectivity index (χ0n) is 17.2. The predicted molar refractivity (Wildman–Crippen MR) is 115 cm³/mol. The Morgan fingerprint density at radius 2 is 1.87 bits per heavy atom. The molecule has 1 heterocycles. The Kier molecular flexibility index (Phi) is 7.97. The van der Waals surface area contributed by atoms with E-state index in [-0.39, 0.29) is 23.2 Å². The van der Waals surface area contributed by atoms with Crippen LogP contribution in [0.2, 0.25) is 5.02 Å². The van der Waals surface area contributed by atoms with Crippen molar-refractivity contribution in [2.24, 2.45) is 11.8 Å². The number of hydrogen-bond acceptors (Lipinski definition) is 4. The van der Waals surface area contributed by atoms with Gasteiger partial charge in [-0.2, -0.15) is 0 Å². The highest BCUT2D eigenvalue weighted by molar-refractivity contribution is 6.30. The van der Waals surface area contributed by atoms with Crippen molar-refractivity contribution in [1.29, 1.82) is 0 Å². The van der Waals surface area contributed by atoms with Gasteiger partial charge in [0.05, 0.1) is 5.02 Å². The van der Waals surface area contributed by atoms with E-state index in [0.29, 0.717) is 36.0 Å². The summed E-state index contributed by atoms with van der Waals surface area (Å²) in [7, 11) is 0. The molecule has 6 heteroatoms. The van der Waals surface area contributed by atoms with E-state index in [0.717, 1.165) is 37.8 Å². The number of halogens is 2. The molecule has 2 aromatic rings. The third-order valence-corrected chi connectivity index (χ3v) is 6.09. The van der Waals surface area contributed by atoms with Crippen molar-refractivity contribution in [3.05, 3.63) is 58.6 Å². The summed E-state index contributed by atoms with van der Waals surface area (Å²) in [5, 5.41) is 0.0302. The van der Waals surface area contributed by atoms with Gasteiger partial charge in [0.2, 0.25) is 0 Å². The van der Waals surface area contributed by atoms with Gasteiger partial charge >= 0.3 is 0 Å². The second-order valence-electron chi connectivity index (χ2n) is 8.14. The second kappa shape index (κ2) is 10.7. The van der Waals surface area contributed by atoms with E-state index < -0.39 is 5.82 Å². The minimum Gasteiger partial charge on any atom is -0.486 e. The number of rotatable bonds is 9. The predicted octanol–water partition coefficient (Wildman–Crippen LogP) is 5.99. The molecule has 0 spiro atoms. The van der Waals surface area contributed by atoms with Gasteiger partial charge in [0, 0.05) is 36.4 Å². The lowest BCUT2D eigenvalue weighted by Crippen LogP contribution is -2.21. The molecule has 0 bridgehead atoms. The molecule has 4 nitrogen and oxygen atoms in total. The molecule has 1 fully saturated rings. The lowest BCUT2D eigenvalue weighted by Gasteiger charge is -2.28. The van der Waals surface area contributed by atoms with Crippen molar-refractivity contribution in [2.75, 3.05) is 6.61 Å². The van der Waals surface area contributed by atoms with Crippen molar-refractivity contribution in [3.8, 4) is 5.75 Å². The number of pyridine rings is 1. The van der Waals surface area contributed by atoms with E-state index in [9.17, 15) is 14.0 Å². The number of hydrogen-bond donors (Lipinski definition) is 0. The van der Waals surface area contributed by atoms with Crippen molar-refractivity contribution < 1.29 is 18.7 Å². The molecule has 0 N–H and O–H groups in total. The van der Waals surface area contributed by atoms with Gasteiger partial charge in [-0.05, 0) is 62.3 Å². The number of nitrogens with zero attached hydrogens (tertiary/aromatic N) is 1. The number of ketones is 2. The molecule has 0 saturated heterocycles. The summed E-state index contributed by atoms with van der Waals surface area (Å²) >= 11 is 5.64. The van der Waals surface area contributed by atoms with Crippen LogP contribution in [0.5, 0.6) is 5.75 Å². The topological polar surface area (TPSA) is 56.3 Å². The minimum absolute atomic E-state index is 0.0239. The molecule has 1 saturated carbocycles. The zero-order valence-corrected chi connectivity index (χ0v) is 18.0. The van der Waals surface area contributed by atoms with Gasteiger partial charge in [-0.25, -0.2) is 4.39 Å². The van der Waals surface area contributed by atoms with Gasteiger partial charge < -0.3 is 4.74 Å². The van der Waals surface area contributed by atoms with Crippen LogP contribution < -0.4 is 4.74 Å². The SMILES string of the molecule is Cc1ccc(C(=O)CCC2CCC(CC(=O)COc3ccc(Cl)c(F)c3)CC2)cn1. The first-order valence-electron chi connectivity index (χ1n) is 10.5. The zero-order chi connectivity index (χ0) is 21.5. The van der Waals surface area contributed by atoms with Crippen LogP contribution in [0.3, 0.4) is 0 Å². The molecule has 1 aliphatic rings. The van der Waals surface area contributed by atoms with Crippen LogP contribution in [0.1, 0.15) is 61.0 Å². The fourth-order valence-corrected chi connectivity index (χ4v) is 4.07. The summed E-state index contributed by atoms with van der Waals surface area (Å²) < 4.78 is 18.8. The molecule has 1 aromatic carbocycles. The second-order valence-corrected chi connectivity index (χ2v) is 8.55. The number of carbonyl (C=O) groups is 2. The average Bonchev–Trinajstić information content (AvgIpc) is 2.74. The third kappa shape index (κ3) is 6.63. The maximum atomic E-state index is 13.4. The number of aromatic nitrogens is 1. The molecule has 0 radical (unpaired) electrons. The summed E-state index contributed by atoms with van der Waals surface area (Å²) in [6.07, 6.45) is 7.64. The van der Waals surface area contributed by atoms with E-state index in [1.165, 1.54) is 12.1 Å². The number of carbonyl (C=O) groups excluding carboxylic acids is 2. The summed E-state index contributed by atoms with van der Waals surface area (Å²) in [5.74, 6) is 0.814. The number of aryl methyl sites for hydroxylation is 1. The van der Waals surface area contributed by atoms with Gasteiger partial charge in [0.15, 0.2) is 11.6 Å². The smallest absolute Gasteiger partial charge is 0.170 e. The number of benzene rings is 1. The highest BCUT2D eigenvalue weighted by atomic mass is 35.5. The molecule has 0 unspecified atom stereocenters. The summed E-state index contributed by atoms with van der Waals surface area (Å²) in [6.45, 7) is 1.85. The van der Waals surface area contributed by atoms with Crippen LogP contribution in [0, 0.1) is 24.6 Å². The fraction of sp³-hybridized carbons (Fsp3) is 0.458. The number of ether oxygens (including phenoxy) is 1. The highest BCUT2D eigenvalue weighted by Gasteiger charge is 2.24. The van der Waals surface area contributed by atoms with Crippen LogP contribution in [-0.2, 0) is 4.79 Å². The van der Waals surface area contributed by atoms with Gasteiger partial charge in [-0.3, -0.25) is 14.6 Å². The standard InChI is InChI=1S/C24H27ClFNO3/c1-16-2-8-19(14-27-16)24(29)11-7-17-3-5-18(6-4-17)12-20(28)15-30-21-9-10-22(25)23(26)13-21/h2,8-10,13-14,17-18H,3-7,11-12,15H2,1H3. The highest BCUT2D eigenvalue weighted by Crippen LogP contribution is 2.33. The lowest BCUT2D eigenvalue weighted by atomic mass is 9.78. The van der Waals surface area contributed by atoms with Crippen LogP contribution in [-0.4, -0.2) is 23.2 Å². The first-order valence-corrected chi connectivity index (χ1v) is 10.8. The van der Waals surface area contributed by atoms with Crippen molar-refractivity contribution in [2.45, 2.75) is 51.9 Å². The summed E-state index contributed by atoms with van der Waals surface area (Å²) in [6, 6.07) is 7.86. The van der Waals surface area contributed by atoms with Crippen molar-refractivity contribution in [3.63, 3.8) is 0 Å². The van der Waals surface area contributed by atoms with E-state index in [1.807, 2.05) is 19.1 Å². The van der Waals surface area contributed by atoms with E-state index >= 15 is 0 Å². The van der Waals surface area contributed by atoms with Gasteiger partial charge in [-0.15, -0.1) is 0 Å². The molecule has 160 valence electrons. The van der Waals surface area contributed by atoms with Crippen LogP contribution in [0.4, 0.5) is 4.39 Å². The maximum absolute atomic E-state index is 13.4. The van der Waals surface area contributed by atoms with Gasteiger partial charge in [0.25, 0.3) is 0 Å². The van der Waals surface area contributed by atoms with Crippen LogP contribution >= 0.6 is 11.6 Å². The summed E-state index contributed by atoms with van der Waals surface area (Å²) in [4.78, 5) is 28.7. The quantitative estimate of drug-likeness (QED) is 0.457. The third-order valence-electron chi connectivity index (χ3n) is 5.79. The first kappa shape index (κ1) is 22.4. The van der Waals surface area contributed by atoms with Crippen molar-refractivity contribution in [1.82, 2.24) is 4.98 Å². The Morgan fingerprint density at radius 1 is 1.13 bits per heavy atom.